The van der Waals surface area contributed by atoms with Crippen LogP contribution in [0.5, 0.6) is 5.88 Å². The number of anilines is 1. The summed E-state index contributed by atoms with van der Waals surface area (Å²) < 4.78 is 10.3. The fourth-order valence-corrected chi connectivity index (χ4v) is 2.62. The van der Waals surface area contributed by atoms with Crippen LogP contribution in [-0.2, 0) is 11.3 Å². The predicted octanol–water partition coefficient (Wildman–Crippen LogP) is 2.54. The van der Waals surface area contributed by atoms with Gasteiger partial charge in [0.05, 0.1) is 30.0 Å². The number of amides is 2. The molecule has 2 amide bonds. The summed E-state index contributed by atoms with van der Waals surface area (Å²) in [6.07, 6.45) is 3.35. The van der Waals surface area contributed by atoms with Crippen molar-refractivity contribution < 1.29 is 14.3 Å². The van der Waals surface area contributed by atoms with Crippen LogP contribution in [0.2, 0.25) is 0 Å². The Bertz CT molecular complexity index is 630. The number of ether oxygens (including phenoxy) is 2. The van der Waals surface area contributed by atoms with Crippen molar-refractivity contribution in [1.29, 1.82) is 0 Å². The minimum Gasteiger partial charge on any atom is -0.475 e. The maximum atomic E-state index is 12.1. The number of urea groups is 1. The molecule has 0 fully saturated rings. The molecule has 2 rings (SSSR count). The van der Waals surface area contributed by atoms with Crippen molar-refractivity contribution in [2.24, 2.45) is 0 Å². The first-order valence-corrected chi connectivity index (χ1v) is 7.91. The van der Waals surface area contributed by atoms with Gasteiger partial charge in [0.15, 0.2) is 0 Å². The van der Waals surface area contributed by atoms with Gasteiger partial charge >= 0.3 is 6.03 Å². The average Bonchev–Trinajstić information content (AvgIpc) is 2.94. The molecule has 0 aliphatic rings. The van der Waals surface area contributed by atoms with Crippen LogP contribution in [0.3, 0.4) is 0 Å². The number of aryl methyl sites for hydroxylation is 1. The quantitative estimate of drug-likeness (QED) is 0.786. The third-order valence-electron chi connectivity index (χ3n) is 2.93. The van der Waals surface area contributed by atoms with Gasteiger partial charge in [-0.2, -0.15) is 0 Å². The Hall–Kier alpha value is -2.19. The molecule has 0 aliphatic heterocycles. The number of methoxy groups -OCH3 is 1. The maximum absolute atomic E-state index is 12.1. The molecule has 8 heteroatoms. The lowest BCUT2D eigenvalue weighted by Gasteiger charge is -2.16. The summed E-state index contributed by atoms with van der Waals surface area (Å²) in [4.78, 5) is 23.1. The molecular formula is C15H20N4O3S. The third-order valence-corrected chi connectivity index (χ3v) is 3.83. The van der Waals surface area contributed by atoms with E-state index in [1.54, 1.807) is 54.9 Å². The van der Waals surface area contributed by atoms with Crippen LogP contribution in [0.1, 0.15) is 9.88 Å². The van der Waals surface area contributed by atoms with Gasteiger partial charge in [0, 0.05) is 31.3 Å². The molecule has 0 saturated carbocycles. The number of rotatable bonds is 7. The Morgan fingerprint density at radius 3 is 2.74 bits per heavy atom. The summed E-state index contributed by atoms with van der Waals surface area (Å²) in [5, 5.41) is 3.78. The summed E-state index contributed by atoms with van der Waals surface area (Å²) in [6, 6.07) is 3.25. The summed E-state index contributed by atoms with van der Waals surface area (Å²) in [5.41, 5.74) is 0.612. The van der Waals surface area contributed by atoms with E-state index in [-0.39, 0.29) is 6.03 Å². The zero-order chi connectivity index (χ0) is 16.7. The first kappa shape index (κ1) is 17.2. The molecule has 23 heavy (non-hydrogen) atoms. The number of carbonyl (C=O) groups excluding carboxylic acids is 1. The molecule has 0 spiro atoms. The van der Waals surface area contributed by atoms with Crippen LogP contribution in [0.25, 0.3) is 0 Å². The van der Waals surface area contributed by atoms with Crippen LogP contribution >= 0.6 is 11.3 Å². The summed E-state index contributed by atoms with van der Waals surface area (Å²) >= 11 is 1.58. The van der Waals surface area contributed by atoms with E-state index in [4.69, 9.17) is 9.47 Å². The minimum atomic E-state index is -0.203. The van der Waals surface area contributed by atoms with E-state index in [2.05, 4.69) is 15.3 Å². The normalized spacial score (nSPS) is 10.4. The van der Waals surface area contributed by atoms with Crippen molar-refractivity contribution in [1.82, 2.24) is 14.9 Å². The minimum absolute atomic E-state index is 0.203. The molecule has 0 aromatic carbocycles. The Kier molecular flexibility index (Phi) is 6.30. The second-order valence-electron chi connectivity index (χ2n) is 4.86. The smallest absolute Gasteiger partial charge is 0.321 e. The SMILES string of the molecule is COCCOc1ccc(NC(=O)N(C)Cc2cnc(C)s2)cn1. The fraction of sp³-hybridized carbons (Fsp3) is 0.400. The van der Waals surface area contributed by atoms with Crippen LogP contribution < -0.4 is 10.1 Å². The standard InChI is InChI=1S/C15H20N4O3S/c1-11-16-9-13(23-11)10-19(2)15(20)18-12-4-5-14(17-8-12)22-7-6-21-3/h4-5,8-9H,6-7,10H2,1-3H3,(H,18,20). The number of hydrogen-bond acceptors (Lipinski definition) is 6. The third kappa shape index (κ3) is 5.50. The first-order chi connectivity index (χ1) is 11.1. The maximum Gasteiger partial charge on any atom is 0.321 e. The van der Waals surface area contributed by atoms with Crippen LogP contribution in [0, 0.1) is 6.92 Å². The van der Waals surface area contributed by atoms with E-state index in [1.165, 1.54) is 0 Å². The number of hydrogen-bond donors (Lipinski definition) is 1. The lowest BCUT2D eigenvalue weighted by atomic mass is 10.4. The fourth-order valence-electron chi connectivity index (χ4n) is 1.77. The van der Waals surface area contributed by atoms with E-state index in [1.807, 2.05) is 6.92 Å². The lowest BCUT2D eigenvalue weighted by Crippen LogP contribution is -2.30. The monoisotopic (exact) mass is 336 g/mol. The van der Waals surface area contributed by atoms with E-state index in [0.29, 0.717) is 31.3 Å². The van der Waals surface area contributed by atoms with Crippen LogP contribution in [0.15, 0.2) is 24.5 Å². The molecule has 2 aromatic rings. The highest BCUT2D eigenvalue weighted by Gasteiger charge is 2.11. The number of nitrogens with one attached hydrogen (secondary N) is 1. The average molecular weight is 336 g/mol. The molecule has 0 saturated heterocycles. The molecule has 2 heterocycles. The summed E-state index contributed by atoms with van der Waals surface area (Å²) in [5.74, 6) is 0.494. The Morgan fingerprint density at radius 2 is 2.13 bits per heavy atom. The first-order valence-electron chi connectivity index (χ1n) is 7.09. The van der Waals surface area contributed by atoms with Gasteiger partial charge in [0.2, 0.25) is 5.88 Å². The summed E-state index contributed by atoms with van der Waals surface area (Å²) in [6.45, 7) is 3.40. The molecule has 7 nitrogen and oxygen atoms in total. The van der Waals surface area contributed by atoms with Gasteiger partial charge in [-0.1, -0.05) is 0 Å². The number of nitrogens with zero attached hydrogens (tertiary/aromatic N) is 3. The highest BCUT2D eigenvalue weighted by Crippen LogP contribution is 2.15. The van der Waals surface area contributed by atoms with Crippen molar-refractivity contribution in [3.05, 3.63) is 34.4 Å². The molecular weight excluding hydrogens is 316 g/mol. The second-order valence-corrected chi connectivity index (χ2v) is 6.18. The number of carbonyl (C=O) groups is 1. The van der Waals surface area contributed by atoms with Crippen molar-refractivity contribution in [3.63, 3.8) is 0 Å². The van der Waals surface area contributed by atoms with Gasteiger partial charge in [-0.3, -0.25) is 0 Å². The van der Waals surface area contributed by atoms with Gasteiger partial charge in [0.25, 0.3) is 0 Å². The highest BCUT2D eigenvalue weighted by molar-refractivity contribution is 7.11. The lowest BCUT2D eigenvalue weighted by molar-refractivity contribution is 0.144. The number of thiazole rings is 1. The van der Waals surface area contributed by atoms with E-state index >= 15 is 0 Å². The number of aromatic nitrogens is 2. The predicted molar refractivity (Wildman–Crippen MR) is 88.9 cm³/mol. The highest BCUT2D eigenvalue weighted by atomic mass is 32.1. The van der Waals surface area contributed by atoms with Crippen LogP contribution in [-0.4, -0.2) is 48.3 Å². The molecule has 0 aliphatic carbocycles. The largest absolute Gasteiger partial charge is 0.475 e. The zero-order valence-electron chi connectivity index (χ0n) is 13.4. The Balaban J connectivity index is 1.84. The van der Waals surface area contributed by atoms with Crippen molar-refractivity contribution >= 4 is 23.1 Å². The molecule has 124 valence electrons. The molecule has 0 radical (unpaired) electrons. The van der Waals surface area contributed by atoms with Gasteiger partial charge in [-0.05, 0) is 13.0 Å². The van der Waals surface area contributed by atoms with Gasteiger partial charge < -0.3 is 19.7 Å². The van der Waals surface area contributed by atoms with Gasteiger partial charge in [-0.15, -0.1) is 11.3 Å². The van der Waals surface area contributed by atoms with Gasteiger partial charge in [0.1, 0.15) is 6.61 Å². The van der Waals surface area contributed by atoms with Crippen molar-refractivity contribution in [3.8, 4) is 5.88 Å². The summed E-state index contributed by atoms with van der Waals surface area (Å²) in [7, 11) is 3.35. The van der Waals surface area contributed by atoms with E-state index < -0.39 is 0 Å². The Morgan fingerprint density at radius 1 is 1.30 bits per heavy atom. The van der Waals surface area contributed by atoms with E-state index in [0.717, 1.165) is 9.88 Å². The molecule has 0 bridgehead atoms. The Labute approximate surface area is 139 Å². The van der Waals surface area contributed by atoms with Gasteiger partial charge in [-0.25, -0.2) is 14.8 Å². The number of pyridine rings is 1. The van der Waals surface area contributed by atoms with Crippen molar-refractivity contribution in [2.45, 2.75) is 13.5 Å². The second kappa shape index (κ2) is 8.44. The molecule has 1 N–H and O–H groups in total. The van der Waals surface area contributed by atoms with Crippen LogP contribution in [0.4, 0.5) is 10.5 Å². The molecule has 0 atom stereocenters. The topological polar surface area (TPSA) is 76.6 Å². The van der Waals surface area contributed by atoms with E-state index in [9.17, 15) is 4.79 Å². The molecule has 2 aromatic heterocycles. The molecule has 0 unspecified atom stereocenters. The van der Waals surface area contributed by atoms with Crippen molar-refractivity contribution in [2.75, 3.05) is 32.7 Å². The zero-order valence-corrected chi connectivity index (χ0v) is 14.2.